The summed E-state index contributed by atoms with van der Waals surface area (Å²) in [6.07, 6.45) is 3.70. The van der Waals surface area contributed by atoms with Crippen LogP contribution in [0.25, 0.3) is 0 Å². The molecule has 1 aromatic rings. The third-order valence-corrected chi connectivity index (χ3v) is 8.86. The molecule has 35 heavy (non-hydrogen) atoms. The van der Waals surface area contributed by atoms with Crippen LogP contribution in [-0.2, 0) is 20.7 Å². The normalized spacial score (nSPS) is 32.5. The van der Waals surface area contributed by atoms with E-state index in [-0.39, 0.29) is 47.2 Å². The van der Waals surface area contributed by atoms with Gasteiger partial charge in [0.05, 0.1) is 38.4 Å². The van der Waals surface area contributed by atoms with Gasteiger partial charge >= 0.3 is 0 Å². The first kappa shape index (κ1) is 22.9. The molecule has 0 bridgehead atoms. The number of Topliss-reactive ketones (excluding diaryl/α,β-unsaturated/α-hetero) is 1. The topological polar surface area (TPSA) is 100 Å². The van der Waals surface area contributed by atoms with Gasteiger partial charge in [-0.15, -0.1) is 0 Å². The van der Waals surface area contributed by atoms with Crippen molar-refractivity contribution < 1.29 is 23.9 Å². The van der Waals surface area contributed by atoms with Crippen molar-refractivity contribution in [2.75, 3.05) is 46.5 Å². The summed E-state index contributed by atoms with van der Waals surface area (Å²) >= 11 is 0. The van der Waals surface area contributed by atoms with E-state index >= 15 is 0 Å². The van der Waals surface area contributed by atoms with Gasteiger partial charge in [0.1, 0.15) is 5.75 Å². The first-order valence-electron chi connectivity index (χ1n) is 12.9. The van der Waals surface area contributed by atoms with Crippen molar-refractivity contribution in [1.82, 2.24) is 20.4 Å². The highest BCUT2D eigenvalue weighted by Crippen LogP contribution is 2.46. The lowest BCUT2D eigenvalue weighted by atomic mass is 9.75. The smallest absolute Gasteiger partial charge is 0.240 e. The molecule has 4 fully saturated rings. The van der Waals surface area contributed by atoms with E-state index in [0.717, 1.165) is 62.1 Å². The SMILES string of the molecule is COc1ccc2c(c1)CC1(CCN([C@@H]3CCN(CC4NC(=O)C5COCCC5N4)C3=O)CC1)C2=O. The molecule has 4 aliphatic heterocycles. The van der Waals surface area contributed by atoms with Crippen molar-refractivity contribution in [2.24, 2.45) is 11.3 Å². The number of piperidine rings is 1. The first-order chi connectivity index (χ1) is 17.0. The standard InChI is InChI=1S/C26H34N4O5/c1-34-17-2-3-18-16(12-17)13-26(23(18)31)6-9-29(10-7-26)21-4-8-30(25(21)33)14-22-27-20-5-11-35-15-19(20)24(32)28-22/h2-3,12,19-22,27H,4-11,13-15H2,1H3,(H,28,32)/t19?,20?,21-,22?/m1/s1. The highest BCUT2D eigenvalue weighted by atomic mass is 16.5. The van der Waals surface area contributed by atoms with Crippen LogP contribution in [0.5, 0.6) is 5.75 Å². The Labute approximate surface area is 205 Å². The van der Waals surface area contributed by atoms with Crippen LogP contribution < -0.4 is 15.4 Å². The molecule has 9 nitrogen and oxygen atoms in total. The van der Waals surface area contributed by atoms with Gasteiger partial charge in [-0.3, -0.25) is 24.6 Å². The molecule has 0 saturated carbocycles. The van der Waals surface area contributed by atoms with Crippen molar-refractivity contribution >= 4 is 17.6 Å². The van der Waals surface area contributed by atoms with Gasteiger partial charge in [0, 0.05) is 30.2 Å². The number of nitrogens with zero attached hydrogens (tertiary/aromatic N) is 2. The lowest BCUT2D eigenvalue weighted by Gasteiger charge is -2.41. The van der Waals surface area contributed by atoms with E-state index in [0.29, 0.717) is 26.3 Å². The van der Waals surface area contributed by atoms with Crippen LogP contribution in [0, 0.1) is 11.3 Å². The summed E-state index contributed by atoms with van der Waals surface area (Å²) in [6, 6.07) is 5.73. The van der Waals surface area contributed by atoms with Gasteiger partial charge in [-0.05, 0) is 69.0 Å². The maximum atomic E-state index is 13.3. The fourth-order valence-corrected chi connectivity index (χ4v) is 6.80. The Hall–Kier alpha value is -2.49. The number of amides is 2. The predicted molar refractivity (Wildman–Crippen MR) is 127 cm³/mol. The molecule has 188 valence electrons. The molecule has 9 heteroatoms. The van der Waals surface area contributed by atoms with Crippen LogP contribution >= 0.6 is 0 Å². The van der Waals surface area contributed by atoms with Crippen LogP contribution in [0.15, 0.2) is 18.2 Å². The summed E-state index contributed by atoms with van der Waals surface area (Å²) in [5.41, 5.74) is 1.57. The van der Waals surface area contributed by atoms with E-state index in [1.165, 1.54) is 0 Å². The molecule has 1 aromatic carbocycles. The minimum atomic E-state index is -0.344. The summed E-state index contributed by atoms with van der Waals surface area (Å²) < 4.78 is 10.8. The Morgan fingerprint density at radius 1 is 1.14 bits per heavy atom. The number of ketones is 1. The molecule has 2 amide bonds. The quantitative estimate of drug-likeness (QED) is 0.647. The highest BCUT2D eigenvalue weighted by molar-refractivity contribution is 6.05. The number of carbonyl (C=O) groups excluding carboxylic acids is 3. The molecule has 4 atom stereocenters. The van der Waals surface area contributed by atoms with Crippen LogP contribution in [0.3, 0.4) is 0 Å². The third-order valence-electron chi connectivity index (χ3n) is 8.86. The molecule has 4 saturated heterocycles. The number of benzene rings is 1. The molecule has 1 aliphatic carbocycles. The van der Waals surface area contributed by atoms with Gasteiger partial charge in [-0.2, -0.15) is 0 Å². The molecular formula is C26H34N4O5. The summed E-state index contributed by atoms with van der Waals surface area (Å²) in [7, 11) is 1.65. The molecule has 5 aliphatic rings. The Kier molecular flexibility index (Phi) is 5.81. The van der Waals surface area contributed by atoms with E-state index in [4.69, 9.17) is 9.47 Å². The summed E-state index contributed by atoms with van der Waals surface area (Å²) in [6.45, 7) is 3.81. The molecule has 0 aromatic heterocycles. The monoisotopic (exact) mass is 482 g/mol. The zero-order valence-electron chi connectivity index (χ0n) is 20.3. The largest absolute Gasteiger partial charge is 0.497 e. The Morgan fingerprint density at radius 2 is 1.97 bits per heavy atom. The van der Waals surface area contributed by atoms with Crippen molar-refractivity contribution in [3.05, 3.63) is 29.3 Å². The lowest BCUT2D eigenvalue weighted by molar-refractivity contribution is -0.138. The van der Waals surface area contributed by atoms with Gasteiger partial charge in [-0.1, -0.05) is 0 Å². The summed E-state index contributed by atoms with van der Waals surface area (Å²) in [5.74, 6) is 1.05. The van der Waals surface area contributed by atoms with Crippen LogP contribution in [0.1, 0.15) is 41.6 Å². The number of fused-ring (bicyclic) bond motifs is 2. The number of hydrogen-bond acceptors (Lipinski definition) is 7. The summed E-state index contributed by atoms with van der Waals surface area (Å²) in [5, 5.41) is 6.54. The molecule has 0 radical (unpaired) electrons. The molecule has 4 heterocycles. The highest BCUT2D eigenvalue weighted by Gasteiger charge is 2.49. The minimum absolute atomic E-state index is 0.0165. The van der Waals surface area contributed by atoms with Crippen molar-refractivity contribution in [1.29, 1.82) is 0 Å². The second-order valence-electron chi connectivity index (χ2n) is 10.7. The van der Waals surface area contributed by atoms with E-state index in [1.807, 2.05) is 23.1 Å². The van der Waals surface area contributed by atoms with E-state index in [1.54, 1.807) is 7.11 Å². The molecule has 1 spiro atoms. The number of hydrogen-bond donors (Lipinski definition) is 2. The average Bonchev–Trinajstić information content (AvgIpc) is 3.36. The maximum absolute atomic E-state index is 13.3. The molecular weight excluding hydrogens is 448 g/mol. The first-order valence-corrected chi connectivity index (χ1v) is 12.9. The predicted octanol–water partition coefficient (Wildman–Crippen LogP) is 0.568. The van der Waals surface area contributed by atoms with Gasteiger partial charge in [0.25, 0.3) is 0 Å². The Balaban J connectivity index is 1.05. The van der Waals surface area contributed by atoms with E-state index in [9.17, 15) is 14.4 Å². The fourth-order valence-electron chi connectivity index (χ4n) is 6.80. The number of methoxy groups -OCH3 is 1. The van der Waals surface area contributed by atoms with Crippen molar-refractivity contribution in [3.63, 3.8) is 0 Å². The number of nitrogens with one attached hydrogen (secondary N) is 2. The number of likely N-dealkylation sites (tertiary alicyclic amines) is 2. The van der Waals surface area contributed by atoms with Crippen LogP contribution in [-0.4, -0.2) is 92.1 Å². The second-order valence-corrected chi connectivity index (χ2v) is 10.7. The second kappa shape index (κ2) is 8.87. The zero-order chi connectivity index (χ0) is 24.2. The third kappa shape index (κ3) is 3.93. The average molecular weight is 483 g/mol. The number of ether oxygens (including phenoxy) is 2. The van der Waals surface area contributed by atoms with Gasteiger partial charge < -0.3 is 19.7 Å². The minimum Gasteiger partial charge on any atom is -0.497 e. The van der Waals surface area contributed by atoms with Crippen LogP contribution in [0.4, 0.5) is 0 Å². The maximum Gasteiger partial charge on any atom is 0.240 e. The Bertz CT molecular complexity index is 1040. The lowest BCUT2D eigenvalue weighted by Crippen LogP contribution is -2.66. The van der Waals surface area contributed by atoms with Gasteiger partial charge in [-0.25, -0.2) is 0 Å². The zero-order valence-corrected chi connectivity index (χ0v) is 20.3. The Morgan fingerprint density at radius 3 is 2.77 bits per heavy atom. The fraction of sp³-hybridized carbons (Fsp3) is 0.654. The van der Waals surface area contributed by atoms with Crippen molar-refractivity contribution in [2.45, 2.75) is 50.4 Å². The summed E-state index contributed by atoms with van der Waals surface area (Å²) in [4.78, 5) is 43.2. The molecule has 3 unspecified atom stereocenters. The van der Waals surface area contributed by atoms with Gasteiger partial charge in [0.2, 0.25) is 11.8 Å². The molecule has 6 rings (SSSR count). The molecule has 2 N–H and O–H groups in total. The van der Waals surface area contributed by atoms with Crippen LogP contribution in [0.2, 0.25) is 0 Å². The van der Waals surface area contributed by atoms with E-state index in [2.05, 4.69) is 15.5 Å². The van der Waals surface area contributed by atoms with Crippen molar-refractivity contribution in [3.8, 4) is 5.75 Å². The number of rotatable bonds is 4. The van der Waals surface area contributed by atoms with E-state index < -0.39 is 0 Å². The van der Waals surface area contributed by atoms with Gasteiger partial charge in [0.15, 0.2) is 5.78 Å². The number of carbonyl (C=O) groups is 3.